The molecule has 0 saturated heterocycles. The summed E-state index contributed by atoms with van der Waals surface area (Å²) in [4.78, 5) is 22.9. The largest absolute Gasteiger partial charge is 0.478 e. The third-order valence-corrected chi connectivity index (χ3v) is 4.83. The second kappa shape index (κ2) is 5.34. The Morgan fingerprint density at radius 1 is 1.43 bits per heavy atom. The number of amides is 1. The molecule has 1 amide bonds. The van der Waals surface area contributed by atoms with Crippen LogP contribution in [0.2, 0.25) is 0 Å². The zero-order valence-corrected chi connectivity index (χ0v) is 12.2. The summed E-state index contributed by atoms with van der Waals surface area (Å²) in [7, 11) is -3.42. The molecule has 0 radical (unpaired) electrons. The molecule has 9 heteroatoms. The van der Waals surface area contributed by atoms with Gasteiger partial charge in [-0.2, -0.15) is 0 Å². The van der Waals surface area contributed by atoms with Crippen molar-refractivity contribution in [1.82, 2.24) is 0 Å². The molecule has 1 aliphatic heterocycles. The number of fused-ring (bicyclic) bond motifs is 1. The average molecular weight is 317 g/mol. The normalized spacial score (nSPS) is 20.6. The molecule has 1 atom stereocenters. The van der Waals surface area contributed by atoms with Gasteiger partial charge in [-0.25, -0.2) is 13.2 Å². The van der Waals surface area contributed by atoms with E-state index in [2.05, 4.69) is 5.32 Å². The molecule has 2 rings (SSSR count). The van der Waals surface area contributed by atoms with Gasteiger partial charge >= 0.3 is 5.97 Å². The van der Waals surface area contributed by atoms with E-state index in [1.54, 1.807) is 0 Å². The smallest absolute Gasteiger partial charge is 0.357 e. The van der Waals surface area contributed by atoms with Crippen molar-refractivity contribution in [3.63, 3.8) is 0 Å². The SMILES string of the molecule is CCS(=O)(=O)c1ccc2c(c1)NC(=O)C(C)(C(=O)O)O2.O. The number of hydrogen-bond donors (Lipinski definition) is 2. The quantitative estimate of drug-likeness (QED) is 0.741. The average Bonchev–Trinajstić information content (AvgIpc) is 2.39. The molecule has 1 aliphatic rings. The van der Waals surface area contributed by atoms with Crippen LogP contribution in [-0.4, -0.2) is 42.2 Å². The Labute approximate surface area is 121 Å². The van der Waals surface area contributed by atoms with Crippen LogP contribution in [0.4, 0.5) is 5.69 Å². The number of hydrogen-bond acceptors (Lipinski definition) is 5. The second-order valence-electron chi connectivity index (χ2n) is 4.46. The van der Waals surface area contributed by atoms with Crippen LogP contribution in [0.3, 0.4) is 0 Å². The topological polar surface area (TPSA) is 141 Å². The number of benzene rings is 1. The van der Waals surface area contributed by atoms with Crippen LogP contribution in [0.5, 0.6) is 5.75 Å². The zero-order valence-electron chi connectivity index (χ0n) is 11.3. The molecule has 1 aromatic carbocycles. The highest BCUT2D eigenvalue weighted by Crippen LogP contribution is 2.35. The Morgan fingerprint density at radius 2 is 2.05 bits per heavy atom. The van der Waals surface area contributed by atoms with Gasteiger partial charge in [-0.15, -0.1) is 0 Å². The van der Waals surface area contributed by atoms with E-state index in [9.17, 15) is 18.0 Å². The second-order valence-corrected chi connectivity index (χ2v) is 6.73. The van der Waals surface area contributed by atoms with Crippen LogP contribution in [-0.2, 0) is 19.4 Å². The maximum absolute atomic E-state index is 11.8. The van der Waals surface area contributed by atoms with Gasteiger partial charge in [0.25, 0.3) is 11.5 Å². The Hall–Kier alpha value is -2.13. The van der Waals surface area contributed by atoms with Crippen molar-refractivity contribution in [2.75, 3.05) is 11.1 Å². The number of rotatable bonds is 3. The number of ether oxygens (including phenoxy) is 1. The summed E-state index contributed by atoms with van der Waals surface area (Å²) in [5.74, 6) is -2.24. The third kappa shape index (κ3) is 2.69. The van der Waals surface area contributed by atoms with Crippen molar-refractivity contribution >= 4 is 27.4 Å². The van der Waals surface area contributed by atoms with Crippen molar-refractivity contribution in [3.05, 3.63) is 18.2 Å². The number of sulfone groups is 1. The highest BCUT2D eigenvalue weighted by Gasteiger charge is 2.47. The predicted molar refractivity (Wildman–Crippen MR) is 73.1 cm³/mol. The highest BCUT2D eigenvalue weighted by atomic mass is 32.2. The van der Waals surface area contributed by atoms with Gasteiger partial charge in [-0.1, -0.05) is 6.92 Å². The molecule has 1 unspecified atom stereocenters. The van der Waals surface area contributed by atoms with Gasteiger partial charge in [0, 0.05) is 0 Å². The van der Waals surface area contributed by atoms with Gasteiger partial charge in [-0.3, -0.25) is 4.79 Å². The number of carbonyl (C=O) groups excluding carboxylic acids is 1. The van der Waals surface area contributed by atoms with Crippen LogP contribution in [0.15, 0.2) is 23.1 Å². The fraction of sp³-hybridized carbons (Fsp3) is 0.333. The first-order valence-corrected chi connectivity index (χ1v) is 7.46. The Morgan fingerprint density at radius 3 is 2.57 bits per heavy atom. The van der Waals surface area contributed by atoms with Crippen LogP contribution in [0, 0.1) is 0 Å². The van der Waals surface area contributed by atoms with E-state index in [1.165, 1.54) is 25.1 Å². The summed E-state index contributed by atoms with van der Waals surface area (Å²) >= 11 is 0. The molecule has 0 saturated carbocycles. The molecular weight excluding hydrogens is 302 g/mol. The molecule has 0 aromatic heterocycles. The van der Waals surface area contributed by atoms with Crippen LogP contribution in [0.25, 0.3) is 0 Å². The van der Waals surface area contributed by atoms with E-state index in [4.69, 9.17) is 9.84 Å². The van der Waals surface area contributed by atoms with Gasteiger partial charge in [0.1, 0.15) is 5.75 Å². The Balaban J connectivity index is 0.00000220. The number of aliphatic carboxylic acids is 1. The fourth-order valence-electron chi connectivity index (χ4n) is 1.70. The fourth-order valence-corrected chi connectivity index (χ4v) is 2.61. The number of carbonyl (C=O) groups is 2. The van der Waals surface area contributed by atoms with E-state index in [-0.39, 0.29) is 27.6 Å². The van der Waals surface area contributed by atoms with Gasteiger partial charge in [0.05, 0.1) is 16.3 Å². The standard InChI is InChI=1S/C12H13NO6S.H2O/c1-3-20(17,18)7-4-5-9-8(6-7)13-10(14)12(2,19-9)11(15)16;/h4-6H,3H2,1-2H3,(H,13,14)(H,15,16);1H2. The molecule has 4 N–H and O–H groups in total. The minimum atomic E-state index is -3.42. The first-order valence-electron chi connectivity index (χ1n) is 5.81. The van der Waals surface area contributed by atoms with E-state index < -0.39 is 27.3 Å². The van der Waals surface area contributed by atoms with Gasteiger partial charge in [0.15, 0.2) is 9.84 Å². The molecule has 0 bridgehead atoms. The monoisotopic (exact) mass is 317 g/mol. The molecule has 8 nitrogen and oxygen atoms in total. The predicted octanol–water partition coefficient (Wildman–Crippen LogP) is -0.170. The number of carboxylic acid groups (broad SMARTS) is 1. The number of anilines is 1. The zero-order chi connectivity index (χ0) is 15.1. The Kier molecular flexibility index (Phi) is 4.30. The van der Waals surface area contributed by atoms with Crippen molar-refractivity contribution < 1.29 is 33.3 Å². The van der Waals surface area contributed by atoms with Gasteiger partial charge in [-0.05, 0) is 25.1 Å². The molecule has 21 heavy (non-hydrogen) atoms. The van der Waals surface area contributed by atoms with Gasteiger partial charge in [0.2, 0.25) is 0 Å². The van der Waals surface area contributed by atoms with Crippen molar-refractivity contribution in [2.45, 2.75) is 24.3 Å². The maximum atomic E-state index is 11.8. The first kappa shape index (κ1) is 16.9. The summed E-state index contributed by atoms with van der Waals surface area (Å²) < 4.78 is 28.7. The van der Waals surface area contributed by atoms with E-state index in [1.807, 2.05) is 0 Å². The molecule has 116 valence electrons. The van der Waals surface area contributed by atoms with E-state index >= 15 is 0 Å². The van der Waals surface area contributed by atoms with Crippen molar-refractivity contribution in [1.29, 1.82) is 0 Å². The van der Waals surface area contributed by atoms with E-state index in [0.29, 0.717) is 0 Å². The van der Waals surface area contributed by atoms with Crippen molar-refractivity contribution in [2.24, 2.45) is 0 Å². The van der Waals surface area contributed by atoms with Crippen LogP contribution < -0.4 is 10.1 Å². The molecular formula is C12H15NO7S. The summed E-state index contributed by atoms with van der Waals surface area (Å²) in [5.41, 5.74) is -1.89. The summed E-state index contributed by atoms with van der Waals surface area (Å²) in [6.45, 7) is 2.63. The summed E-state index contributed by atoms with van der Waals surface area (Å²) in [6.07, 6.45) is 0. The molecule has 0 aliphatic carbocycles. The lowest BCUT2D eigenvalue weighted by Gasteiger charge is -2.31. The minimum Gasteiger partial charge on any atom is -0.478 e. The number of carboxylic acids is 1. The molecule has 1 heterocycles. The van der Waals surface area contributed by atoms with Crippen LogP contribution >= 0.6 is 0 Å². The van der Waals surface area contributed by atoms with Crippen LogP contribution in [0.1, 0.15) is 13.8 Å². The molecule has 0 fully saturated rings. The Bertz CT molecular complexity index is 698. The summed E-state index contributed by atoms with van der Waals surface area (Å²) in [5, 5.41) is 11.4. The lowest BCUT2D eigenvalue weighted by molar-refractivity contribution is -0.159. The lowest BCUT2D eigenvalue weighted by Crippen LogP contribution is -2.54. The lowest BCUT2D eigenvalue weighted by atomic mass is 10.0. The number of nitrogens with one attached hydrogen (secondary N) is 1. The molecule has 0 spiro atoms. The minimum absolute atomic E-state index is 0. The van der Waals surface area contributed by atoms with Crippen molar-refractivity contribution in [3.8, 4) is 5.75 Å². The van der Waals surface area contributed by atoms with E-state index in [0.717, 1.165) is 6.92 Å². The maximum Gasteiger partial charge on any atom is 0.357 e. The first-order chi connectivity index (χ1) is 9.20. The molecule has 1 aromatic rings. The third-order valence-electron chi connectivity index (χ3n) is 3.09. The van der Waals surface area contributed by atoms with Gasteiger partial charge < -0.3 is 20.6 Å². The highest BCUT2D eigenvalue weighted by molar-refractivity contribution is 7.91. The summed E-state index contributed by atoms with van der Waals surface area (Å²) in [6, 6.07) is 3.91.